The maximum atomic E-state index is 4.15. The quantitative estimate of drug-likeness (QED) is 0.286. The Morgan fingerprint density at radius 2 is 1.71 bits per heavy atom. The third kappa shape index (κ3) is 14.2. The summed E-state index contributed by atoms with van der Waals surface area (Å²) in [5.41, 5.74) is 0.178. The lowest BCUT2D eigenvalue weighted by Crippen LogP contribution is -2.44. The van der Waals surface area contributed by atoms with Gasteiger partial charge in [0.25, 0.3) is 0 Å². The summed E-state index contributed by atoms with van der Waals surface area (Å²) < 4.78 is 0. The molecule has 0 aromatic rings. The molecule has 17 heavy (non-hydrogen) atoms. The number of hydrogen-bond donors (Lipinski definition) is 3. The Balaban J connectivity index is 0. The van der Waals surface area contributed by atoms with Gasteiger partial charge in [0.1, 0.15) is 0 Å². The van der Waals surface area contributed by atoms with Crippen LogP contribution in [0.15, 0.2) is 4.99 Å². The Kier molecular flexibility index (Phi) is 13.2. The van der Waals surface area contributed by atoms with E-state index in [9.17, 15) is 0 Å². The van der Waals surface area contributed by atoms with Gasteiger partial charge in [0.05, 0.1) is 0 Å². The van der Waals surface area contributed by atoms with Crippen molar-refractivity contribution in [3.8, 4) is 0 Å². The second-order valence-electron chi connectivity index (χ2n) is 4.60. The molecular weight excluding hydrogens is 347 g/mol. The van der Waals surface area contributed by atoms with Crippen LogP contribution < -0.4 is 16.0 Å². The summed E-state index contributed by atoms with van der Waals surface area (Å²) in [7, 11) is 1.80. The maximum Gasteiger partial charge on any atom is 0.191 e. The zero-order valence-electron chi connectivity index (χ0n) is 11.6. The molecule has 0 radical (unpaired) electrons. The molecule has 0 aromatic carbocycles. The van der Waals surface area contributed by atoms with E-state index in [-0.39, 0.29) is 29.5 Å². The van der Waals surface area contributed by atoms with E-state index in [2.05, 4.69) is 48.0 Å². The van der Waals surface area contributed by atoms with Gasteiger partial charge in [0.2, 0.25) is 0 Å². The SMILES string of the molecule is CN=C(NCCNC(C)(C)C)NCCSC.I. The summed E-state index contributed by atoms with van der Waals surface area (Å²) in [6, 6.07) is 0. The number of hydrogen-bond acceptors (Lipinski definition) is 3. The van der Waals surface area contributed by atoms with Crippen molar-refractivity contribution in [3.63, 3.8) is 0 Å². The molecule has 0 spiro atoms. The average molecular weight is 374 g/mol. The summed E-state index contributed by atoms with van der Waals surface area (Å²) >= 11 is 1.83. The van der Waals surface area contributed by atoms with Crippen molar-refractivity contribution in [2.45, 2.75) is 26.3 Å². The van der Waals surface area contributed by atoms with Crippen LogP contribution in [0.1, 0.15) is 20.8 Å². The van der Waals surface area contributed by atoms with Crippen LogP contribution in [0, 0.1) is 0 Å². The number of thioether (sulfide) groups is 1. The van der Waals surface area contributed by atoms with Gasteiger partial charge in [0, 0.05) is 38.0 Å². The third-order valence-corrected chi connectivity index (χ3v) is 2.51. The molecule has 0 aromatic heterocycles. The van der Waals surface area contributed by atoms with Gasteiger partial charge in [-0.25, -0.2) is 0 Å². The number of aliphatic imine (C=N–C) groups is 1. The minimum atomic E-state index is 0. The Morgan fingerprint density at radius 1 is 1.12 bits per heavy atom. The maximum absolute atomic E-state index is 4.15. The standard InChI is InChI=1S/C11H26N4S.HI/c1-11(2,3)15-7-6-13-10(12-4)14-8-9-16-5;/h15H,6-9H2,1-5H3,(H2,12,13,14);1H. The van der Waals surface area contributed by atoms with Gasteiger partial charge in [-0.05, 0) is 27.0 Å². The van der Waals surface area contributed by atoms with Crippen LogP contribution in [0.5, 0.6) is 0 Å². The molecule has 0 saturated heterocycles. The molecule has 0 unspecified atom stereocenters. The van der Waals surface area contributed by atoms with E-state index in [0.717, 1.165) is 31.3 Å². The third-order valence-electron chi connectivity index (χ3n) is 1.90. The Bertz CT molecular complexity index is 204. The van der Waals surface area contributed by atoms with Crippen LogP contribution in [0.2, 0.25) is 0 Å². The first-order valence-corrected chi connectivity index (χ1v) is 7.07. The van der Waals surface area contributed by atoms with Gasteiger partial charge in [-0.2, -0.15) is 11.8 Å². The minimum Gasteiger partial charge on any atom is -0.356 e. The van der Waals surface area contributed by atoms with Gasteiger partial charge in [-0.1, -0.05) is 0 Å². The van der Waals surface area contributed by atoms with Crippen molar-refractivity contribution in [2.75, 3.05) is 38.7 Å². The highest BCUT2D eigenvalue weighted by molar-refractivity contribution is 14.0. The predicted molar refractivity (Wildman–Crippen MR) is 90.9 cm³/mol. The molecule has 0 rings (SSSR count). The summed E-state index contributed by atoms with van der Waals surface area (Å²) in [6.07, 6.45) is 2.10. The van der Waals surface area contributed by atoms with E-state index >= 15 is 0 Å². The fourth-order valence-electron chi connectivity index (χ4n) is 1.11. The van der Waals surface area contributed by atoms with Crippen molar-refractivity contribution in [1.82, 2.24) is 16.0 Å². The van der Waals surface area contributed by atoms with E-state index in [1.807, 2.05) is 11.8 Å². The van der Waals surface area contributed by atoms with Crippen molar-refractivity contribution in [1.29, 1.82) is 0 Å². The second-order valence-corrected chi connectivity index (χ2v) is 5.58. The molecule has 0 atom stereocenters. The zero-order valence-corrected chi connectivity index (χ0v) is 14.7. The van der Waals surface area contributed by atoms with Crippen LogP contribution in [-0.2, 0) is 0 Å². The summed E-state index contributed by atoms with van der Waals surface area (Å²) in [5, 5.41) is 9.95. The second kappa shape index (κ2) is 11.4. The number of guanidine groups is 1. The summed E-state index contributed by atoms with van der Waals surface area (Å²) in [5.74, 6) is 1.98. The van der Waals surface area contributed by atoms with Crippen LogP contribution >= 0.6 is 35.7 Å². The first-order chi connectivity index (χ1) is 7.49. The van der Waals surface area contributed by atoms with Crippen LogP contribution in [-0.4, -0.2) is 50.2 Å². The van der Waals surface area contributed by atoms with Gasteiger partial charge >= 0.3 is 0 Å². The highest BCUT2D eigenvalue weighted by atomic mass is 127. The summed E-state index contributed by atoms with van der Waals surface area (Å²) in [4.78, 5) is 4.15. The van der Waals surface area contributed by atoms with Gasteiger partial charge in [-0.15, -0.1) is 24.0 Å². The molecule has 3 N–H and O–H groups in total. The van der Waals surface area contributed by atoms with E-state index in [0.29, 0.717) is 0 Å². The van der Waals surface area contributed by atoms with Crippen LogP contribution in [0.3, 0.4) is 0 Å². The van der Waals surface area contributed by atoms with Crippen LogP contribution in [0.25, 0.3) is 0 Å². The Morgan fingerprint density at radius 3 is 2.18 bits per heavy atom. The van der Waals surface area contributed by atoms with E-state index < -0.39 is 0 Å². The first kappa shape index (κ1) is 19.6. The smallest absolute Gasteiger partial charge is 0.191 e. The number of nitrogens with one attached hydrogen (secondary N) is 3. The molecule has 0 amide bonds. The molecular formula is C11H27IN4S. The van der Waals surface area contributed by atoms with Gasteiger partial charge in [0.15, 0.2) is 5.96 Å². The lowest BCUT2D eigenvalue weighted by Gasteiger charge is -2.21. The van der Waals surface area contributed by atoms with Gasteiger partial charge in [-0.3, -0.25) is 4.99 Å². The molecule has 0 fully saturated rings. The normalized spacial score (nSPS) is 11.9. The van der Waals surface area contributed by atoms with Crippen molar-refractivity contribution in [3.05, 3.63) is 0 Å². The van der Waals surface area contributed by atoms with E-state index in [4.69, 9.17) is 0 Å². The van der Waals surface area contributed by atoms with Crippen LogP contribution in [0.4, 0.5) is 0 Å². The van der Waals surface area contributed by atoms with Crippen molar-refractivity contribution in [2.24, 2.45) is 4.99 Å². The average Bonchev–Trinajstić information content (AvgIpc) is 2.20. The molecule has 0 aliphatic carbocycles. The molecule has 0 aliphatic heterocycles. The zero-order chi connectivity index (χ0) is 12.4. The minimum absolute atomic E-state index is 0. The largest absolute Gasteiger partial charge is 0.356 e. The molecule has 0 bridgehead atoms. The van der Waals surface area contributed by atoms with Crippen molar-refractivity contribution >= 4 is 41.7 Å². The predicted octanol–water partition coefficient (Wildman–Crippen LogP) is 1.52. The highest BCUT2D eigenvalue weighted by Gasteiger charge is 2.07. The molecule has 104 valence electrons. The fraction of sp³-hybridized carbons (Fsp3) is 0.909. The Hall–Kier alpha value is 0.310. The van der Waals surface area contributed by atoms with Gasteiger partial charge < -0.3 is 16.0 Å². The molecule has 6 heteroatoms. The number of rotatable bonds is 6. The number of halogens is 1. The molecule has 4 nitrogen and oxygen atoms in total. The van der Waals surface area contributed by atoms with Crippen molar-refractivity contribution < 1.29 is 0 Å². The molecule has 0 saturated carbocycles. The molecule has 0 aliphatic rings. The monoisotopic (exact) mass is 374 g/mol. The summed E-state index contributed by atoms with van der Waals surface area (Å²) in [6.45, 7) is 9.27. The molecule has 0 heterocycles. The lowest BCUT2D eigenvalue weighted by molar-refractivity contribution is 0.428. The Labute approximate surface area is 127 Å². The lowest BCUT2D eigenvalue weighted by atomic mass is 10.1. The first-order valence-electron chi connectivity index (χ1n) is 5.68. The number of nitrogens with zero attached hydrogens (tertiary/aromatic N) is 1. The fourth-order valence-corrected chi connectivity index (χ4v) is 1.42. The van der Waals surface area contributed by atoms with E-state index in [1.54, 1.807) is 7.05 Å². The topological polar surface area (TPSA) is 48.5 Å². The van der Waals surface area contributed by atoms with E-state index in [1.165, 1.54) is 0 Å². The highest BCUT2D eigenvalue weighted by Crippen LogP contribution is 1.96.